The van der Waals surface area contributed by atoms with E-state index in [-0.39, 0.29) is 5.91 Å². The molecule has 3 heterocycles. The zero-order valence-corrected chi connectivity index (χ0v) is 15.5. The molecule has 6 heteroatoms. The predicted molar refractivity (Wildman–Crippen MR) is 103 cm³/mol. The first kappa shape index (κ1) is 17.0. The van der Waals surface area contributed by atoms with E-state index in [4.69, 9.17) is 11.6 Å². The number of aromatic amines is 1. The van der Waals surface area contributed by atoms with Gasteiger partial charge in [-0.05, 0) is 37.0 Å². The van der Waals surface area contributed by atoms with Gasteiger partial charge < -0.3 is 4.90 Å². The molecule has 3 aromatic rings. The number of carbonyl (C=O) groups is 1. The molecule has 1 N–H and O–H groups in total. The second-order valence-electron chi connectivity index (χ2n) is 6.76. The van der Waals surface area contributed by atoms with Gasteiger partial charge in [0.15, 0.2) is 0 Å². The topological polar surface area (TPSA) is 61.9 Å². The van der Waals surface area contributed by atoms with Crippen LogP contribution >= 0.6 is 11.6 Å². The molecule has 1 saturated heterocycles. The van der Waals surface area contributed by atoms with E-state index in [1.807, 2.05) is 29.3 Å². The number of nitrogens with one attached hydrogen (secondary N) is 1. The Balaban J connectivity index is 1.59. The molecule has 1 aliphatic rings. The molecule has 5 nitrogen and oxygen atoms in total. The minimum absolute atomic E-state index is 0.0333. The molecule has 0 radical (unpaired) electrons. The van der Waals surface area contributed by atoms with Crippen LogP contribution in [0.4, 0.5) is 0 Å². The lowest BCUT2D eigenvalue weighted by atomic mass is 9.92. The van der Waals surface area contributed by atoms with Crippen molar-refractivity contribution in [3.05, 3.63) is 58.5 Å². The van der Waals surface area contributed by atoms with Crippen LogP contribution < -0.4 is 0 Å². The van der Waals surface area contributed by atoms with E-state index in [1.165, 1.54) is 11.3 Å². The summed E-state index contributed by atoms with van der Waals surface area (Å²) in [7, 11) is 0. The fraction of sp³-hybridized carbons (Fsp3) is 0.350. The van der Waals surface area contributed by atoms with Crippen LogP contribution in [0.2, 0.25) is 5.02 Å². The summed E-state index contributed by atoms with van der Waals surface area (Å²) in [5.74, 6) is 0.267. The summed E-state index contributed by atoms with van der Waals surface area (Å²) in [6.07, 6.45) is 4.88. The van der Waals surface area contributed by atoms with Gasteiger partial charge in [0.25, 0.3) is 5.91 Å². The lowest BCUT2D eigenvalue weighted by molar-refractivity contribution is 0.0700. The molecule has 1 atom stereocenters. The zero-order valence-electron chi connectivity index (χ0n) is 14.7. The Morgan fingerprint density at radius 2 is 2.23 bits per heavy atom. The van der Waals surface area contributed by atoms with Crippen LogP contribution in [0, 0.1) is 0 Å². The molecule has 1 fully saturated rings. The summed E-state index contributed by atoms with van der Waals surface area (Å²) in [5.41, 5.74) is 3.53. The summed E-state index contributed by atoms with van der Waals surface area (Å²) in [6, 6.07) is 9.33. The van der Waals surface area contributed by atoms with Gasteiger partial charge in [-0.25, -0.2) is 4.98 Å². The number of likely N-dealkylation sites (tertiary alicyclic amines) is 1. The molecular formula is C20H21ClN4O. The smallest absolute Gasteiger partial charge is 0.272 e. The number of rotatable bonds is 3. The molecule has 0 spiro atoms. The number of hydrogen-bond acceptors (Lipinski definition) is 3. The summed E-state index contributed by atoms with van der Waals surface area (Å²) >= 11 is 6.25. The first-order chi connectivity index (χ1) is 12.7. The number of halogens is 1. The number of pyridine rings is 1. The molecule has 1 aliphatic heterocycles. The minimum atomic E-state index is -0.0333. The number of piperidine rings is 1. The standard InChI is InChI=1S/C20H21ClN4O/c1-2-13-11-22-24-18(13)15-6-4-10-25(12-15)20(26)17-9-8-14-5-3-7-16(21)19(14)23-17/h3,5,7-9,11,15H,2,4,6,10,12H2,1H3,(H,22,24)/t15-/m0/s1. The molecule has 0 bridgehead atoms. The number of amides is 1. The molecule has 1 aromatic carbocycles. The first-order valence-electron chi connectivity index (χ1n) is 9.04. The first-order valence-corrected chi connectivity index (χ1v) is 9.42. The second kappa shape index (κ2) is 7.08. The van der Waals surface area contributed by atoms with Crippen LogP contribution in [-0.2, 0) is 6.42 Å². The van der Waals surface area contributed by atoms with Crippen molar-refractivity contribution in [3.8, 4) is 0 Å². The van der Waals surface area contributed by atoms with E-state index in [1.54, 1.807) is 12.1 Å². The fourth-order valence-electron chi connectivity index (χ4n) is 3.75. The molecule has 26 heavy (non-hydrogen) atoms. The number of hydrogen-bond donors (Lipinski definition) is 1. The van der Waals surface area contributed by atoms with E-state index in [0.29, 0.717) is 28.7 Å². The van der Waals surface area contributed by atoms with Crippen molar-refractivity contribution < 1.29 is 4.79 Å². The van der Waals surface area contributed by atoms with E-state index < -0.39 is 0 Å². The molecule has 134 valence electrons. The third kappa shape index (κ3) is 3.07. The molecule has 1 amide bonds. The molecule has 2 aromatic heterocycles. The van der Waals surface area contributed by atoms with Gasteiger partial charge in [-0.1, -0.05) is 36.7 Å². The van der Waals surface area contributed by atoms with Crippen molar-refractivity contribution in [1.82, 2.24) is 20.1 Å². The van der Waals surface area contributed by atoms with Gasteiger partial charge in [0, 0.05) is 30.1 Å². The highest BCUT2D eigenvalue weighted by molar-refractivity contribution is 6.35. The molecular weight excluding hydrogens is 348 g/mol. The van der Waals surface area contributed by atoms with Crippen molar-refractivity contribution in [2.75, 3.05) is 13.1 Å². The van der Waals surface area contributed by atoms with Crippen LogP contribution in [-0.4, -0.2) is 39.1 Å². The van der Waals surface area contributed by atoms with Gasteiger partial charge in [-0.3, -0.25) is 9.89 Å². The summed E-state index contributed by atoms with van der Waals surface area (Å²) in [6.45, 7) is 3.58. The van der Waals surface area contributed by atoms with Gasteiger partial charge in [-0.2, -0.15) is 5.10 Å². The van der Waals surface area contributed by atoms with Crippen LogP contribution in [0.15, 0.2) is 36.5 Å². The zero-order chi connectivity index (χ0) is 18.1. The number of aromatic nitrogens is 3. The summed E-state index contributed by atoms with van der Waals surface area (Å²) in [4.78, 5) is 19.4. The monoisotopic (exact) mass is 368 g/mol. The summed E-state index contributed by atoms with van der Waals surface area (Å²) < 4.78 is 0. The average Bonchev–Trinajstić information content (AvgIpc) is 3.16. The Bertz CT molecular complexity index is 952. The number of fused-ring (bicyclic) bond motifs is 1. The van der Waals surface area contributed by atoms with Crippen molar-refractivity contribution in [3.63, 3.8) is 0 Å². The van der Waals surface area contributed by atoms with Crippen LogP contribution in [0.25, 0.3) is 10.9 Å². The third-order valence-corrected chi connectivity index (χ3v) is 5.44. The Hall–Kier alpha value is -2.40. The number of carbonyl (C=O) groups excluding carboxylic acids is 1. The van der Waals surface area contributed by atoms with Crippen molar-refractivity contribution in [2.45, 2.75) is 32.1 Å². The van der Waals surface area contributed by atoms with Crippen LogP contribution in [0.1, 0.15) is 47.4 Å². The van der Waals surface area contributed by atoms with Gasteiger partial charge in [-0.15, -0.1) is 0 Å². The Kier molecular flexibility index (Phi) is 4.64. The fourth-order valence-corrected chi connectivity index (χ4v) is 3.97. The van der Waals surface area contributed by atoms with Crippen molar-refractivity contribution >= 4 is 28.4 Å². The highest BCUT2D eigenvalue weighted by Gasteiger charge is 2.28. The molecule has 0 unspecified atom stereocenters. The lowest BCUT2D eigenvalue weighted by Gasteiger charge is -2.32. The number of H-pyrrole nitrogens is 1. The van der Waals surface area contributed by atoms with Gasteiger partial charge in [0.05, 0.1) is 16.7 Å². The largest absolute Gasteiger partial charge is 0.337 e. The highest BCUT2D eigenvalue weighted by atomic mass is 35.5. The number of aryl methyl sites for hydroxylation is 1. The average molecular weight is 369 g/mol. The maximum Gasteiger partial charge on any atom is 0.272 e. The number of para-hydroxylation sites is 1. The van der Waals surface area contributed by atoms with Gasteiger partial charge >= 0.3 is 0 Å². The Labute approximate surface area is 157 Å². The van der Waals surface area contributed by atoms with Crippen molar-refractivity contribution in [2.24, 2.45) is 0 Å². The van der Waals surface area contributed by atoms with Gasteiger partial charge in [0.2, 0.25) is 0 Å². The van der Waals surface area contributed by atoms with E-state index in [2.05, 4.69) is 22.1 Å². The molecule has 0 saturated carbocycles. The minimum Gasteiger partial charge on any atom is -0.337 e. The maximum absolute atomic E-state index is 13.0. The number of nitrogens with zero attached hydrogens (tertiary/aromatic N) is 3. The Morgan fingerprint density at radius 1 is 1.35 bits per heavy atom. The quantitative estimate of drug-likeness (QED) is 0.753. The maximum atomic E-state index is 13.0. The molecule has 4 rings (SSSR count). The van der Waals surface area contributed by atoms with Crippen LogP contribution in [0.5, 0.6) is 0 Å². The van der Waals surface area contributed by atoms with Crippen LogP contribution in [0.3, 0.4) is 0 Å². The SMILES string of the molecule is CCc1cn[nH]c1[C@H]1CCCN(C(=O)c2ccc3cccc(Cl)c3n2)C1. The second-order valence-corrected chi connectivity index (χ2v) is 7.17. The predicted octanol–water partition coefficient (Wildman–Crippen LogP) is 4.19. The van der Waals surface area contributed by atoms with E-state index in [9.17, 15) is 4.79 Å². The van der Waals surface area contributed by atoms with Crippen molar-refractivity contribution in [1.29, 1.82) is 0 Å². The van der Waals surface area contributed by atoms with Gasteiger partial charge in [0.1, 0.15) is 5.69 Å². The lowest BCUT2D eigenvalue weighted by Crippen LogP contribution is -2.39. The third-order valence-electron chi connectivity index (χ3n) is 5.14. The Morgan fingerprint density at radius 3 is 3.08 bits per heavy atom. The summed E-state index contributed by atoms with van der Waals surface area (Å²) in [5, 5.41) is 8.83. The van der Waals surface area contributed by atoms with E-state index in [0.717, 1.165) is 31.2 Å². The normalized spacial score (nSPS) is 17.6. The highest BCUT2D eigenvalue weighted by Crippen LogP contribution is 2.29. The van der Waals surface area contributed by atoms with E-state index >= 15 is 0 Å². The number of benzene rings is 1. The molecule has 0 aliphatic carbocycles.